The first-order chi connectivity index (χ1) is 9.33. The van der Waals surface area contributed by atoms with Gasteiger partial charge in [0.25, 0.3) is 0 Å². The molecule has 1 heterocycles. The van der Waals surface area contributed by atoms with Gasteiger partial charge >= 0.3 is 0 Å². The minimum atomic E-state index is -0.207. The SMILES string of the molecule is COC(CNc1ccc(N2CCCCC2)cc1)OC. The number of nitrogens with one attached hydrogen (secondary N) is 1. The zero-order chi connectivity index (χ0) is 13.5. The lowest BCUT2D eigenvalue weighted by atomic mass is 10.1. The highest BCUT2D eigenvalue weighted by molar-refractivity contribution is 5.55. The number of rotatable bonds is 6. The Balaban J connectivity index is 1.87. The molecule has 4 heteroatoms. The second-order valence-corrected chi connectivity index (χ2v) is 4.88. The van der Waals surface area contributed by atoms with Crippen LogP contribution in [-0.4, -0.2) is 40.1 Å². The Morgan fingerprint density at radius 2 is 1.68 bits per heavy atom. The Morgan fingerprint density at radius 3 is 2.26 bits per heavy atom. The van der Waals surface area contributed by atoms with E-state index in [0.29, 0.717) is 6.54 Å². The molecule has 106 valence electrons. The molecule has 0 radical (unpaired) electrons. The Labute approximate surface area is 115 Å². The monoisotopic (exact) mass is 264 g/mol. The van der Waals surface area contributed by atoms with E-state index in [1.165, 1.54) is 38.0 Å². The first-order valence-corrected chi connectivity index (χ1v) is 6.98. The second-order valence-electron chi connectivity index (χ2n) is 4.88. The number of methoxy groups -OCH3 is 2. The summed E-state index contributed by atoms with van der Waals surface area (Å²) in [6.07, 6.45) is 3.78. The molecule has 1 fully saturated rings. The number of ether oxygens (including phenoxy) is 2. The summed E-state index contributed by atoms with van der Waals surface area (Å²) in [5.41, 5.74) is 2.42. The lowest BCUT2D eigenvalue weighted by Gasteiger charge is -2.29. The van der Waals surface area contributed by atoms with Crippen molar-refractivity contribution in [3.8, 4) is 0 Å². The van der Waals surface area contributed by atoms with Crippen LogP contribution in [0.1, 0.15) is 19.3 Å². The van der Waals surface area contributed by atoms with Crippen molar-refractivity contribution in [2.75, 3.05) is 44.1 Å². The van der Waals surface area contributed by atoms with Gasteiger partial charge in [-0.3, -0.25) is 0 Å². The summed E-state index contributed by atoms with van der Waals surface area (Å²) in [6.45, 7) is 3.01. The Morgan fingerprint density at radius 1 is 1.05 bits per heavy atom. The molecule has 2 rings (SSSR count). The molecular formula is C15H24N2O2. The van der Waals surface area contributed by atoms with Crippen LogP contribution in [0.25, 0.3) is 0 Å². The van der Waals surface area contributed by atoms with Crippen LogP contribution in [0, 0.1) is 0 Å². The van der Waals surface area contributed by atoms with Crippen LogP contribution in [0.2, 0.25) is 0 Å². The molecule has 0 unspecified atom stereocenters. The van der Waals surface area contributed by atoms with E-state index in [9.17, 15) is 0 Å². The van der Waals surface area contributed by atoms with Crippen LogP contribution in [0.4, 0.5) is 11.4 Å². The van der Waals surface area contributed by atoms with Crippen molar-refractivity contribution in [1.29, 1.82) is 0 Å². The predicted octanol–water partition coefficient (Wildman–Crippen LogP) is 2.71. The average Bonchev–Trinajstić information content (AvgIpc) is 2.50. The first-order valence-electron chi connectivity index (χ1n) is 6.98. The van der Waals surface area contributed by atoms with Crippen LogP contribution < -0.4 is 10.2 Å². The molecule has 1 N–H and O–H groups in total. The molecule has 1 saturated heterocycles. The van der Waals surface area contributed by atoms with Gasteiger partial charge < -0.3 is 19.7 Å². The summed E-state index contributed by atoms with van der Waals surface area (Å²) in [5, 5.41) is 3.31. The minimum Gasteiger partial charge on any atom is -0.380 e. The predicted molar refractivity (Wildman–Crippen MR) is 78.8 cm³/mol. The molecule has 0 aliphatic carbocycles. The maximum absolute atomic E-state index is 5.15. The Bertz CT molecular complexity index is 357. The van der Waals surface area contributed by atoms with E-state index in [-0.39, 0.29) is 6.29 Å². The molecule has 0 spiro atoms. The van der Waals surface area contributed by atoms with Gasteiger partial charge in [-0.15, -0.1) is 0 Å². The van der Waals surface area contributed by atoms with Gasteiger partial charge in [0.15, 0.2) is 6.29 Å². The minimum absolute atomic E-state index is 0.207. The molecule has 0 amide bonds. The molecule has 1 aromatic rings. The standard InChI is InChI=1S/C15H24N2O2/c1-18-15(19-2)12-16-13-6-8-14(9-7-13)17-10-4-3-5-11-17/h6-9,15-16H,3-5,10-12H2,1-2H3. The number of nitrogens with zero attached hydrogens (tertiary/aromatic N) is 1. The zero-order valence-corrected chi connectivity index (χ0v) is 11.9. The van der Waals surface area contributed by atoms with E-state index in [1.54, 1.807) is 14.2 Å². The fourth-order valence-corrected chi connectivity index (χ4v) is 2.41. The van der Waals surface area contributed by atoms with Gasteiger partial charge in [-0.1, -0.05) is 0 Å². The van der Waals surface area contributed by atoms with Gasteiger partial charge in [-0.05, 0) is 43.5 Å². The van der Waals surface area contributed by atoms with E-state index in [4.69, 9.17) is 9.47 Å². The van der Waals surface area contributed by atoms with Crippen molar-refractivity contribution in [2.24, 2.45) is 0 Å². The molecule has 0 bridgehead atoms. The van der Waals surface area contributed by atoms with Crippen molar-refractivity contribution < 1.29 is 9.47 Å². The fraction of sp³-hybridized carbons (Fsp3) is 0.600. The number of anilines is 2. The van der Waals surface area contributed by atoms with Crippen molar-refractivity contribution in [3.05, 3.63) is 24.3 Å². The fourth-order valence-electron chi connectivity index (χ4n) is 2.41. The van der Waals surface area contributed by atoms with Crippen LogP contribution >= 0.6 is 0 Å². The summed E-state index contributed by atoms with van der Waals surface area (Å²) in [7, 11) is 3.30. The van der Waals surface area contributed by atoms with Gasteiger partial charge in [-0.2, -0.15) is 0 Å². The normalized spacial score (nSPS) is 15.8. The molecule has 1 aliphatic rings. The molecule has 19 heavy (non-hydrogen) atoms. The average molecular weight is 264 g/mol. The third-order valence-corrected chi connectivity index (χ3v) is 3.59. The highest BCUT2D eigenvalue weighted by Crippen LogP contribution is 2.21. The van der Waals surface area contributed by atoms with Gasteiger partial charge in [-0.25, -0.2) is 0 Å². The quantitative estimate of drug-likeness (QED) is 0.801. The number of benzene rings is 1. The van der Waals surface area contributed by atoms with Gasteiger partial charge in [0, 0.05) is 38.7 Å². The molecule has 4 nitrogen and oxygen atoms in total. The number of piperidine rings is 1. The zero-order valence-electron chi connectivity index (χ0n) is 11.9. The summed E-state index contributed by atoms with van der Waals surface area (Å²) < 4.78 is 10.3. The maximum atomic E-state index is 5.15. The summed E-state index contributed by atoms with van der Waals surface area (Å²) in [5.74, 6) is 0. The Kier molecular flexibility index (Phi) is 5.48. The van der Waals surface area contributed by atoms with E-state index in [0.717, 1.165) is 5.69 Å². The van der Waals surface area contributed by atoms with Crippen molar-refractivity contribution >= 4 is 11.4 Å². The van der Waals surface area contributed by atoms with Gasteiger partial charge in [0.1, 0.15) is 0 Å². The number of hydrogen-bond acceptors (Lipinski definition) is 4. The lowest BCUT2D eigenvalue weighted by molar-refractivity contribution is -0.0914. The summed E-state index contributed by atoms with van der Waals surface area (Å²) >= 11 is 0. The van der Waals surface area contributed by atoms with Crippen LogP contribution in [0.5, 0.6) is 0 Å². The van der Waals surface area contributed by atoms with Gasteiger partial charge in [0.05, 0.1) is 6.54 Å². The largest absolute Gasteiger partial charge is 0.380 e. The Hall–Kier alpha value is -1.26. The lowest BCUT2D eigenvalue weighted by Crippen LogP contribution is -2.29. The second kappa shape index (κ2) is 7.36. The van der Waals surface area contributed by atoms with E-state index in [1.807, 2.05) is 0 Å². The number of hydrogen-bond donors (Lipinski definition) is 1. The molecule has 1 aromatic carbocycles. The van der Waals surface area contributed by atoms with E-state index in [2.05, 4.69) is 34.5 Å². The van der Waals surface area contributed by atoms with E-state index < -0.39 is 0 Å². The topological polar surface area (TPSA) is 33.7 Å². The third kappa shape index (κ3) is 4.11. The van der Waals surface area contributed by atoms with Crippen molar-refractivity contribution in [3.63, 3.8) is 0 Å². The highest BCUT2D eigenvalue weighted by Gasteiger charge is 2.10. The van der Waals surface area contributed by atoms with Crippen molar-refractivity contribution in [2.45, 2.75) is 25.6 Å². The maximum Gasteiger partial charge on any atom is 0.173 e. The van der Waals surface area contributed by atoms with Crippen LogP contribution in [-0.2, 0) is 9.47 Å². The highest BCUT2D eigenvalue weighted by atomic mass is 16.7. The molecular weight excluding hydrogens is 240 g/mol. The molecule has 0 saturated carbocycles. The van der Waals surface area contributed by atoms with Crippen molar-refractivity contribution in [1.82, 2.24) is 0 Å². The van der Waals surface area contributed by atoms with Crippen LogP contribution in [0.15, 0.2) is 24.3 Å². The third-order valence-electron chi connectivity index (χ3n) is 3.59. The summed E-state index contributed by atoms with van der Waals surface area (Å²) in [6, 6.07) is 8.60. The first kappa shape index (κ1) is 14.2. The smallest absolute Gasteiger partial charge is 0.173 e. The summed E-state index contributed by atoms with van der Waals surface area (Å²) in [4.78, 5) is 2.46. The molecule has 1 aliphatic heterocycles. The van der Waals surface area contributed by atoms with E-state index >= 15 is 0 Å². The molecule has 0 atom stereocenters. The molecule has 0 aromatic heterocycles. The van der Waals surface area contributed by atoms with Crippen LogP contribution in [0.3, 0.4) is 0 Å². The van der Waals surface area contributed by atoms with Gasteiger partial charge in [0.2, 0.25) is 0 Å².